The van der Waals surface area contributed by atoms with E-state index in [0.29, 0.717) is 17.3 Å². The van der Waals surface area contributed by atoms with Gasteiger partial charge in [-0.25, -0.2) is 4.98 Å². The monoisotopic (exact) mass is 314 g/mol. The Morgan fingerprint density at radius 3 is 3.00 bits per heavy atom. The van der Waals surface area contributed by atoms with Crippen molar-refractivity contribution >= 4 is 23.9 Å². The molecule has 3 rings (SSSR count). The number of fused-ring (bicyclic) bond motifs is 1. The van der Waals surface area contributed by atoms with Crippen molar-refractivity contribution in [2.75, 3.05) is 23.9 Å². The highest BCUT2D eigenvalue weighted by atomic mass is 32.2. The van der Waals surface area contributed by atoms with Crippen LogP contribution in [0.15, 0.2) is 11.3 Å². The lowest BCUT2D eigenvalue weighted by molar-refractivity contribution is -0.0298. The zero-order valence-corrected chi connectivity index (χ0v) is 12.3. The Labute approximate surface area is 125 Å². The number of aliphatic imine (C=N–C) groups is 1. The van der Waals surface area contributed by atoms with E-state index in [1.54, 1.807) is 4.57 Å². The van der Waals surface area contributed by atoms with Crippen molar-refractivity contribution < 1.29 is 20.1 Å². The molecule has 9 heteroatoms. The van der Waals surface area contributed by atoms with Crippen molar-refractivity contribution in [3.8, 4) is 0 Å². The fourth-order valence-corrected chi connectivity index (χ4v) is 3.17. The van der Waals surface area contributed by atoms with Crippen molar-refractivity contribution in [1.29, 1.82) is 0 Å². The number of thioether (sulfide) groups is 1. The smallest absolute Gasteiger partial charge is 0.165 e. The van der Waals surface area contributed by atoms with Gasteiger partial charge in [0.25, 0.3) is 0 Å². The Bertz CT molecular complexity index is 537. The molecule has 0 aromatic carbocycles. The van der Waals surface area contributed by atoms with Gasteiger partial charge in [0.2, 0.25) is 0 Å². The van der Waals surface area contributed by atoms with E-state index in [0.717, 1.165) is 0 Å². The largest absolute Gasteiger partial charge is 0.387 e. The van der Waals surface area contributed by atoms with Gasteiger partial charge in [0.15, 0.2) is 6.23 Å². The van der Waals surface area contributed by atoms with E-state index in [2.05, 4.69) is 15.3 Å². The van der Waals surface area contributed by atoms with Gasteiger partial charge in [-0.3, -0.25) is 9.56 Å². The molecule has 2 unspecified atom stereocenters. The molecule has 0 amide bonds. The molecule has 8 nitrogen and oxygen atoms in total. The van der Waals surface area contributed by atoms with Gasteiger partial charge >= 0.3 is 0 Å². The van der Waals surface area contributed by atoms with Gasteiger partial charge in [0.1, 0.15) is 29.8 Å². The number of rotatable bonds is 3. The number of nitrogens with one attached hydrogen (secondary N) is 1. The van der Waals surface area contributed by atoms with E-state index in [1.807, 2.05) is 6.26 Å². The van der Waals surface area contributed by atoms with Gasteiger partial charge < -0.3 is 25.4 Å². The van der Waals surface area contributed by atoms with Crippen LogP contribution in [0.1, 0.15) is 18.0 Å². The van der Waals surface area contributed by atoms with Gasteiger partial charge in [0.05, 0.1) is 25.3 Å². The first kappa shape index (κ1) is 14.8. The van der Waals surface area contributed by atoms with Crippen molar-refractivity contribution in [2.24, 2.45) is 4.99 Å². The molecule has 3 heterocycles. The number of nitrogens with zero attached hydrogens (tertiary/aromatic N) is 3. The number of aliphatic hydroxyl groups is 3. The Hall–Kier alpha value is -1.13. The fourth-order valence-electron chi connectivity index (χ4n) is 2.57. The molecule has 1 saturated heterocycles. The molecule has 0 bridgehead atoms. The average molecular weight is 314 g/mol. The lowest BCUT2D eigenvalue weighted by atomic mass is 10.1. The number of imidazole rings is 1. The van der Waals surface area contributed by atoms with E-state index in [4.69, 9.17) is 4.74 Å². The first-order valence-corrected chi connectivity index (χ1v) is 8.03. The SMILES string of the molecule is CSC[C@H]1O[C@@H](n2cnc3c2NC=NCC3O)[C@@H](O)C1O. The van der Waals surface area contributed by atoms with Crippen molar-refractivity contribution in [2.45, 2.75) is 30.6 Å². The third-order valence-electron chi connectivity index (χ3n) is 3.65. The Kier molecular flexibility index (Phi) is 4.18. The second-order valence-electron chi connectivity index (χ2n) is 5.04. The van der Waals surface area contributed by atoms with Crippen LogP contribution in [0, 0.1) is 0 Å². The first-order valence-electron chi connectivity index (χ1n) is 6.63. The van der Waals surface area contributed by atoms with Crippen LogP contribution in [-0.4, -0.2) is 68.1 Å². The molecule has 2 aliphatic heterocycles. The summed E-state index contributed by atoms with van der Waals surface area (Å²) in [5.74, 6) is 1.10. The lowest BCUT2D eigenvalue weighted by Gasteiger charge is -2.19. The Morgan fingerprint density at radius 1 is 1.43 bits per heavy atom. The van der Waals surface area contributed by atoms with Crippen molar-refractivity contribution in [3.05, 3.63) is 12.0 Å². The molecule has 0 radical (unpaired) electrons. The van der Waals surface area contributed by atoms with Crippen LogP contribution in [0.4, 0.5) is 5.82 Å². The highest BCUT2D eigenvalue weighted by Crippen LogP contribution is 2.35. The topological polar surface area (TPSA) is 112 Å². The average Bonchev–Trinajstić information content (AvgIpc) is 2.94. The maximum atomic E-state index is 10.2. The summed E-state index contributed by atoms with van der Waals surface area (Å²) < 4.78 is 7.34. The zero-order valence-electron chi connectivity index (χ0n) is 11.5. The summed E-state index contributed by atoms with van der Waals surface area (Å²) in [5.41, 5.74) is 0.450. The van der Waals surface area contributed by atoms with Crippen molar-refractivity contribution in [3.63, 3.8) is 0 Å². The quantitative estimate of drug-likeness (QED) is 0.586. The molecule has 0 spiro atoms. The summed E-state index contributed by atoms with van der Waals surface area (Å²) in [6, 6.07) is 0. The summed E-state index contributed by atoms with van der Waals surface area (Å²) in [6.45, 7) is 0.225. The highest BCUT2D eigenvalue weighted by molar-refractivity contribution is 7.98. The molecular formula is C12H18N4O4S. The van der Waals surface area contributed by atoms with E-state index >= 15 is 0 Å². The predicted molar refractivity (Wildman–Crippen MR) is 78.5 cm³/mol. The van der Waals surface area contributed by atoms with Crippen LogP contribution in [0.25, 0.3) is 0 Å². The minimum atomic E-state index is -1.06. The van der Waals surface area contributed by atoms with Crippen LogP contribution in [0.5, 0.6) is 0 Å². The molecule has 1 fully saturated rings. The number of hydrogen-bond donors (Lipinski definition) is 4. The zero-order chi connectivity index (χ0) is 15.0. The number of anilines is 1. The summed E-state index contributed by atoms with van der Waals surface area (Å²) in [7, 11) is 0. The second kappa shape index (κ2) is 5.93. The van der Waals surface area contributed by atoms with E-state index in [1.165, 1.54) is 24.4 Å². The van der Waals surface area contributed by atoms with E-state index in [-0.39, 0.29) is 6.54 Å². The van der Waals surface area contributed by atoms with Crippen LogP contribution in [0.2, 0.25) is 0 Å². The second-order valence-corrected chi connectivity index (χ2v) is 5.95. The minimum Gasteiger partial charge on any atom is -0.387 e. The van der Waals surface area contributed by atoms with Crippen molar-refractivity contribution in [1.82, 2.24) is 9.55 Å². The predicted octanol–water partition coefficient (Wildman–Crippen LogP) is -0.648. The van der Waals surface area contributed by atoms with E-state index in [9.17, 15) is 15.3 Å². The van der Waals surface area contributed by atoms with Gasteiger partial charge in [-0.05, 0) is 6.26 Å². The van der Waals surface area contributed by atoms with Gasteiger partial charge in [-0.2, -0.15) is 11.8 Å². The molecule has 0 saturated carbocycles. The van der Waals surface area contributed by atoms with Gasteiger partial charge in [-0.1, -0.05) is 0 Å². The minimum absolute atomic E-state index is 0.225. The fraction of sp³-hybridized carbons (Fsp3) is 0.667. The standard InChI is InChI=1S/C12H18N4O4S/c1-21-3-7-9(18)10(19)12(20-7)16-5-15-8-6(17)2-13-4-14-11(8)16/h4-7,9-10,12,17-19H,2-3H2,1H3,(H,13,14)/t6?,7-,9?,10+,12-/m1/s1. The molecule has 4 N–H and O–H groups in total. The molecular weight excluding hydrogens is 296 g/mol. The molecule has 1 aromatic heterocycles. The molecule has 21 heavy (non-hydrogen) atoms. The summed E-state index contributed by atoms with van der Waals surface area (Å²) in [6.07, 6.45) is 0.865. The molecule has 5 atom stereocenters. The third-order valence-corrected chi connectivity index (χ3v) is 4.31. The molecule has 1 aromatic rings. The summed E-state index contributed by atoms with van der Waals surface area (Å²) in [4.78, 5) is 8.15. The number of aromatic nitrogens is 2. The molecule has 2 aliphatic rings. The molecule has 0 aliphatic carbocycles. The Balaban J connectivity index is 1.90. The van der Waals surface area contributed by atoms with E-state index < -0.39 is 30.6 Å². The third kappa shape index (κ3) is 2.55. The highest BCUT2D eigenvalue weighted by Gasteiger charge is 2.44. The maximum absolute atomic E-state index is 10.2. The maximum Gasteiger partial charge on any atom is 0.165 e. The van der Waals surface area contributed by atoms with Crippen LogP contribution in [0.3, 0.4) is 0 Å². The van der Waals surface area contributed by atoms with Crippen LogP contribution < -0.4 is 5.32 Å². The van der Waals surface area contributed by atoms with Gasteiger partial charge in [0, 0.05) is 5.75 Å². The lowest BCUT2D eigenvalue weighted by Crippen LogP contribution is -2.32. The summed E-state index contributed by atoms with van der Waals surface area (Å²) >= 11 is 1.54. The first-order chi connectivity index (χ1) is 10.1. The summed E-state index contributed by atoms with van der Waals surface area (Å²) in [5, 5.41) is 33.2. The number of ether oxygens (including phenoxy) is 1. The number of hydrogen-bond acceptors (Lipinski definition) is 8. The molecule has 116 valence electrons. The van der Waals surface area contributed by atoms with Crippen LogP contribution in [-0.2, 0) is 4.74 Å². The number of aliphatic hydroxyl groups excluding tert-OH is 3. The Morgan fingerprint density at radius 2 is 2.24 bits per heavy atom. The normalized spacial score (nSPS) is 35.3. The van der Waals surface area contributed by atoms with Gasteiger partial charge in [-0.15, -0.1) is 0 Å². The van der Waals surface area contributed by atoms with Crippen LogP contribution >= 0.6 is 11.8 Å².